The summed E-state index contributed by atoms with van der Waals surface area (Å²) in [5, 5.41) is 3.10. The molecule has 2 aromatic carbocycles. The smallest absolute Gasteiger partial charge is 0.251 e. The highest BCUT2D eigenvalue weighted by Gasteiger charge is 2.15. The summed E-state index contributed by atoms with van der Waals surface area (Å²) in [6.45, 7) is 1.71. The molecule has 0 spiro atoms. The van der Waals surface area contributed by atoms with Gasteiger partial charge in [-0.1, -0.05) is 29.8 Å². The van der Waals surface area contributed by atoms with E-state index >= 15 is 0 Å². The second-order valence-corrected chi connectivity index (χ2v) is 4.93. The van der Waals surface area contributed by atoms with Crippen molar-refractivity contribution in [1.29, 1.82) is 0 Å². The molecule has 0 aromatic heterocycles. The standard InChI is InChI=1S/C15H14ClFN2O/c1-9(13-4-2-3-5-14(13)17)19-15(20)10-6-11(16)8-12(18)7-10/h2-9H,18H2,1H3,(H,19,20). The van der Waals surface area contributed by atoms with Crippen molar-refractivity contribution in [3.63, 3.8) is 0 Å². The van der Waals surface area contributed by atoms with E-state index in [1.165, 1.54) is 18.2 Å². The summed E-state index contributed by atoms with van der Waals surface area (Å²) >= 11 is 5.85. The van der Waals surface area contributed by atoms with Crippen LogP contribution in [0.25, 0.3) is 0 Å². The molecule has 5 heteroatoms. The molecule has 0 radical (unpaired) electrons. The average molecular weight is 293 g/mol. The highest BCUT2D eigenvalue weighted by molar-refractivity contribution is 6.31. The molecule has 0 aliphatic carbocycles. The zero-order valence-electron chi connectivity index (χ0n) is 10.9. The van der Waals surface area contributed by atoms with Crippen LogP contribution in [0.3, 0.4) is 0 Å². The van der Waals surface area contributed by atoms with Crippen molar-refractivity contribution in [1.82, 2.24) is 5.32 Å². The van der Waals surface area contributed by atoms with Gasteiger partial charge in [0.25, 0.3) is 5.91 Å². The van der Waals surface area contributed by atoms with E-state index < -0.39 is 6.04 Å². The number of rotatable bonds is 3. The molecule has 0 bridgehead atoms. The molecule has 0 aliphatic heterocycles. The number of hydrogen-bond donors (Lipinski definition) is 2. The maximum Gasteiger partial charge on any atom is 0.251 e. The third-order valence-corrected chi connectivity index (χ3v) is 3.12. The number of carbonyl (C=O) groups is 1. The molecule has 1 unspecified atom stereocenters. The van der Waals surface area contributed by atoms with Crippen molar-refractivity contribution in [3.05, 3.63) is 64.4 Å². The lowest BCUT2D eigenvalue weighted by Gasteiger charge is -2.15. The highest BCUT2D eigenvalue weighted by Crippen LogP contribution is 2.19. The van der Waals surface area contributed by atoms with Crippen LogP contribution >= 0.6 is 11.6 Å². The van der Waals surface area contributed by atoms with Gasteiger partial charge >= 0.3 is 0 Å². The van der Waals surface area contributed by atoms with Gasteiger partial charge in [-0.25, -0.2) is 4.39 Å². The maximum atomic E-state index is 13.6. The average Bonchev–Trinajstić information content (AvgIpc) is 2.37. The molecule has 0 fully saturated rings. The second-order valence-electron chi connectivity index (χ2n) is 4.49. The van der Waals surface area contributed by atoms with Crippen molar-refractivity contribution < 1.29 is 9.18 Å². The third-order valence-electron chi connectivity index (χ3n) is 2.90. The Kier molecular flexibility index (Phi) is 4.25. The number of hydrogen-bond acceptors (Lipinski definition) is 2. The molecule has 104 valence electrons. The Labute approximate surface area is 121 Å². The number of anilines is 1. The fourth-order valence-electron chi connectivity index (χ4n) is 1.93. The van der Waals surface area contributed by atoms with Crippen molar-refractivity contribution in [3.8, 4) is 0 Å². The molecule has 0 heterocycles. The van der Waals surface area contributed by atoms with Crippen LogP contribution in [-0.2, 0) is 0 Å². The van der Waals surface area contributed by atoms with Crippen LogP contribution in [0.15, 0.2) is 42.5 Å². The molecule has 20 heavy (non-hydrogen) atoms. The Bertz CT molecular complexity index is 625. The van der Waals surface area contributed by atoms with E-state index in [1.807, 2.05) is 0 Å². The number of carbonyl (C=O) groups excluding carboxylic acids is 1. The van der Waals surface area contributed by atoms with Crippen molar-refractivity contribution in [2.75, 3.05) is 5.73 Å². The van der Waals surface area contributed by atoms with Gasteiger partial charge in [-0.15, -0.1) is 0 Å². The van der Waals surface area contributed by atoms with Gasteiger partial charge in [0.05, 0.1) is 6.04 Å². The van der Waals surface area contributed by atoms with Crippen molar-refractivity contribution in [2.24, 2.45) is 0 Å². The van der Waals surface area contributed by atoms with Crippen molar-refractivity contribution in [2.45, 2.75) is 13.0 Å². The van der Waals surface area contributed by atoms with Crippen molar-refractivity contribution >= 4 is 23.2 Å². The molecule has 1 atom stereocenters. The first-order valence-corrected chi connectivity index (χ1v) is 6.46. The Hall–Kier alpha value is -2.07. The van der Waals surface area contributed by atoms with E-state index in [1.54, 1.807) is 31.2 Å². The largest absolute Gasteiger partial charge is 0.399 e. The predicted molar refractivity (Wildman–Crippen MR) is 78.1 cm³/mol. The fourth-order valence-corrected chi connectivity index (χ4v) is 2.17. The summed E-state index contributed by atoms with van der Waals surface area (Å²) < 4.78 is 13.6. The summed E-state index contributed by atoms with van der Waals surface area (Å²) in [6, 6.07) is 10.4. The minimum Gasteiger partial charge on any atom is -0.399 e. The molecular formula is C15H14ClFN2O. The lowest BCUT2D eigenvalue weighted by atomic mass is 10.1. The van der Waals surface area contributed by atoms with Gasteiger partial charge in [-0.05, 0) is 31.2 Å². The van der Waals surface area contributed by atoms with Crippen LogP contribution in [-0.4, -0.2) is 5.91 Å². The first-order valence-electron chi connectivity index (χ1n) is 6.08. The Morgan fingerprint density at radius 3 is 2.65 bits per heavy atom. The van der Waals surface area contributed by atoms with E-state index in [0.29, 0.717) is 21.8 Å². The highest BCUT2D eigenvalue weighted by atomic mass is 35.5. The SMILES string of the molecule is CC(NC(=O)c1cc(N)cc(Cl)c1)c1ccccc1F. The zero-order chi connectivity index (χ0) is 14.7. The van der Waals surface area contributed by atoms with Gasteiger partial charge < -0.3 is 11.1 Å². The monoisotopic (exact) mass is 292 g/mol. The summed E-state index contributed by atoms with van der Waals surface area (Å²) in [5.74, 6) is -0.708. The normalized spacial score (nSPS) is 11.9. The third kappa shape index (κ3) is 3.27. The Morgan fingerprint density at radius 1 is 1.30 bits per heavy atom. The van der Waals surface area contributed by atoms with E-state index in [-0.39, 0.29) is 11.7 Å². The minimum absolute atomic E-state index is 0.346. The minimum atomic E-state index is -0.455. The van der Waals surface area contributed by atoms with Crippen LogP contribution in [0, 0.1) is 5.82 Å². The molecule has 0 saturated heterocycles. The quantitative estimate of drug-likeness (QED) is 0.850. The topological polar surface area (TPSA) is 55.1 Å². The molecule has 1 amide bonds. The number of nitrogen functional groups attached to an aromatic ring is 1. The number of benzene rings is 2. The predicted octanol–water partition coefficient (Wildman–Crippen LogP) is 3.55. The Morgan fingerprint density at radius 2 is 2.00 bits per heavy atom. The summed E-state index contributed by atoms with van der Waals surface area (Å²) in [5.41, 5.74) is 6.81. The van der Waals surface area contributed by atoms with Gasteiger partial charge in [0, 0.05) is 21.8 Å². The van der Waals surface area contributed by atoms with E-state index in [9.17, 15) is 9.18 Å². The fraction of sp³-hybridized carbons (Fsp3) is 0.133. The molecule has 0 saturated carbocycles. The number of halogens is 2. The van der Waals surface area contributed by atoms with Crippen LogP contribution in [0.5, 0.6) is 0 Å². The van der Waals surface area contributed by atoms with Gasteiger partial charge in [0.2, 0.25) is 0 Å². The Balaban J connectivity index is 2.17. The number of nitrogens with one attached hydrogen (secondary N) is 1. The van der Waals surface area contributed by atoms with E-state index in [2.05, 4.69) is 5.32 Å². The zero-order valence-corrected chi connectivity index (χ0v) is 11.6. The molecule has 2 aromatic rings. The lowest BCUT2D eigenvalue weighted by molar-refractivity contribution is 0.0939. The molecule has 0 aliphatic rings. The van der Waals surface area contributed by atoms with E-state index in [0.717, 1.165) is 0 Å². The lowest BCUT2D eigenvalue weighted by Crippen LogP contribution is -2.27. The first kappa shape index (κ1) is 14.3. The molecular weight excluding hydrogens is 279 g/mol. The first-order chi connectivity index (χ1) is 9.47. The van der Waals surface area contributed by atoms with Gasteiger partial charge in [0.1, 0.15) is 5.82 Å². The van der Waals surface area contributed by atoms with Gasteiger partial charge in [-0.3, -0.25) is 4.79 Å². The van der Waals surface area contributed by atoms with E-state index in [4.69, 9.17) is 17.3 Å². The van der Waals surface area contributed by atoms with Crippen LogP contribution in [0.4, 0.5) is 10.1 Å². The van der Waals surface area contributed by atoms with Crippen LogP contribution < -0.4 is 11.1 Å². The molecule has 2 rings (SSSR count). The maximum absolute atomic E-state index is 13.6. The van der Waals surface area contributed by atoms with Crippen LogP contribution in [0.1, 0.15) is 28.9 Å². The summed E-state index contributed by atoms with van der Waals surface area (Å²) in [4.78, 5) is 12.1. The van der Waals surface area contributed by atoms with Gasteiger partial charge in [-0.2, -0.15) is 0 Å². The summed E-state index contributed by atoms with van der Waals surface area (Å²) in [7, 11) is 0. The molecule has 3 N–H and O–H groups in total. The molecule has 3 nitrogen and oxygen atoms in total. The van der Waals surface area contributed by atoms with Crippen LogP contribution in [0.2, 0.25) is 5.02 Å². The summed E-state index contributed by atoms with van der Waals surface area (Å²) in [6.07, 6.45) is 0. The number of amides is 1. The van der Waals surface area contributed by atoms with Gasteiger partial charge in [0.15, 0.2) is 0 Å². The second kappa shape index (κ2) is 5.92. The number of nitrogens with two attached hydrogens (primary N) is 1.